The van der Waals surface area contributed by atoms with E-state index in [1.807, 2.05) is 6.92 Å². The standard InChI is InChI=1S/C13H14N2O4/c1-2-7-6-9(16)19-11-10(7)12(17)15(13(18)14-11)8-4-3-5-8/h6,8H,2-5H2,1H3,(H,14,18). The summed E-state index contributed by atoms with van der Waals surface area (Å²) in [6, 6.07) is 1.28. The van der Waals surface area contributed by atoms with Crippen molar-refractivity contribution in [3.63, 3.8) is 0 Å². The topological polar surface area (TPSA) is 85.1 Å². The van der Waals surface area contributed by atoms with Crippen molar-refractivity contribution < 1.29 is 4.42 Å². The molecule has 1 saturated carbocycles. The van der Waals surface area contributed by atoms with Gasteiger partial charge in [-0.1, -0.05) is 6.92 Å². The molecular weight excluding hydrogens is 248 g/mol. The predicted octanol–water partition coefficient (Wildman–Crippen LogP) is 0.930. The van der Waals surface area contributed by atoms with Gasteiger partial charge in [0.15, 0.2) is 0 Å². The fourth-order valence-corrected chi connectivity index (χ4v) is 2.49. The Morgan fingerprint density at radius 2 is 2.11 bits per heavy atom. The molecule has 0 aromatic carbocycles. The van der Waals surface area contributed by atoms with Gasteiger partial charge < -0.3 is 4.42 Å². The number of aromatic nitrogens is 2. The molecule has 2 aromatic rings. The first kappa shape index (κ1) is 12.0. The van der Waals surface area contributed by atoms with E-state index >= 15 is 0 Å². The van der Waals surface area contributed by atoms with Gasteiger partial charge in [-0.05, 0) is 31.2 Å². The van der Waals surface area contributed by atoms with Crippen LogP contribution in [0.15, 0.2) is 24.9 Å². The third-order valence-electron chi connectivity index (χ3n) is 3.74. The highest BCUT2D eigenvalue weighted by Crippen LogP contribution is 2.29. The van der Waals surface area contributed by atoms with Crippen molar-refractivity contribution in [1.82, 2.24) is 9.55 Å². The van der Waals surface area contributed by atoms with Gasteiger partial charge in [-0.3, -0.25) is 14.3 Å². The maximum atomic E-state index is 12.5. The van der Waals surface area contributed by atoms with E-state index in [1.165, 1.54) is 10.6 Å². The van der Waals surface area contributed by atoms with Gasteiger partial charge in [0.1, 0.15) is 5.39 Å². The summed E-state index contributed by atoms with van der Waals surface area (Å²) in [6.07, 6.45) is 3.24. The molecule has 1 fully saturated rings. The predicted molar refractivity (Wildman–Crippen MR) is 69.6 cm³/mol. The fraction of sp³-hybridized carbons (Fsp3) is 0.462. The van der Waals surface area contributed by atoms with E-state index in [0.29, 0.717) is 17.4 Å². The molecule has 0 aliphatic heterocycles. The minimum absolute atomic E-state index is 0.0186. The Labute approximate surface area is 107 Å². The molecule has 0 spiro atoms. The van der Waals surface area contributed by atoms with Crippen molar-refractivity contribution in [2.75, 3.05) is 0 Å². The first-order chi connectivity index (χ1) is 9.11. The number of nitrogens with zero attached hydrogens (tertiary/aromatic N) is 1. The Balaban J connectivity index is 2.43. The molecule has 0 atom stereocenters. The smallest absolute Gasteiger partial charge is 0.337 e. The van der Waals surface area contributed by atoms with Gasteiger partial charge in [0.25, 0.3) is 5.56 Å². The molecule has 1 aliphatic carbocycles. The van der Waals surface area contributed by atoms with Crippen LogP contribution in [-0.4, -0.2) is 9.55 Å². The lowest BCUT2D eigenvalue weighted by atomic mass is 9.93. The number of nitrogens with one attached hydrogen (secondary N) is 1. The third kappa shape index (κ3) is 1.75. The number of fused-ring (bicyclic) bond motifs is 1. The Kier molecular flexibility index (Phi) is 2.66. The summed E-state index contributed by atoms with van der Waals surface area (Å²) in [6.45, 7) is 1.85. The second kappa shape index (κ2) is 4.22. The minimum Gasteiger partial charge on any atom is -0.405 e. The van der Waals surface area contributed by atoms with E-state index < -0.39 is 11.3 Å². The molecular formula is C13H14N2O4. The Morgan fingerprint density at radius 1 is 1.37 bits per heavy atom. The average Bonchev–Trinajstić information content (AvgIpc) is 2.30. The normalized spacial score (nSPS) is 15.6. The van der Waals surface area contributed by atoms with Crippen LogP contribution in [-0.2, 0) is 6.42 Å². The van der Waals surface area contributed by atoms with Crippen LogP contribution in [0.5, 0.6) is 0 Å². The van der Waals surface area contributed by atoms with Crippen LogP contribution < -0.4 is 16.9 Å². The van der Waals surface area contributed by atoms with Crippen LogP contribution in [0, 0.1) is 0 Å². The summed E-state index contributed by atoms with van der Waals surface area (Å²) in [4.78, 5) is 38.3. The molecule has 6 heteroatoms. The summed E-state index contributed by atoms with van der Waals surface area (Å²) in [7, 11) is 0. The molecule has 100 valence electrons. The minimum atomic E-state index is -0.555. The van der Waals surface area contributed by atoms with Gasteiger partial charge in [-0.2, -0.15) is 0 Å². The Hall–Kier alpha value is -2.11. The van der Waals surface area contributed by atoms with Gasteiger partial charge in [-0.25, -0.2) is 9.59 Å². The zero-order valence-electron chi connectivity index (χ0n) is 10.6. The largest absolute Gasteiger partial charge is 0.405 e. The zero-order valence-corrected chi connectivity index (χ0v) is 10.6. The number of H-pyrrole nitrogens is 1. The van der Waals surface area contributed by atoms with Crippen molar-refractivity contribution in [3.8, 4) is 0 Å². The lowest BCUT2D eigenvalue weighted by molar-refractivity contribution is 0.297. The molecule has 2 heterocycles. The number of hydrogen-bond acceptors (Lipinski definition) is 4. The van der Waals surface area contributed by atoms with Crippen LogP contribution in [0.1, 0.15) is 37.8 Å². The van der Waals surface area contributed by atoms with Crippen LogP contribution >= 0.6 is 0 Å². The summed E-state index contributed by atoms with van der Waals surface area (Å²) in [5.41, 5.74) is -0.820. The maximum absolute atomic E-state index is 12.5. The van der Waals surface area contributed by atoms with Crippen LogP contribution in [0.3, 0.4) is 0 Å². The lowest BCUT2D eigenvalue weighted by Crippen LogP contribution is -2.40. The van der Waals surface area contributed by atoms with E-state index in [-0.39, 0.29) is 17.3 Å². The highest BCUT2D eigenvalue weighted by molar-refractivity contribution is 5.75. The fourth-order valence-electron chi connectivity index (χ4n) is 2.49. The first-order valence-electron chi connectivity index (χ1n) is 6.43. The first-order valence-corrected chi connectivity index (χ1v) is 6.43. The van der Waals surface area contributed by atoms with Crippen molar-refractivity contribution in [1.29, 1.82) is 0 Å². The monoisotopic (exact) mass is 262 g/mol. The zero-order chi connectivity index (χ0) is 13.6. The Bertz CT molecular complexity index is 808. The highest BCUT2D eigenvalue weighted by Gasteiger charge is 2.24. The molecule has 2 aromatic heterocycles. The van der Waals surface area contributed by atoms with E-state index in [4.69, 9.17) is 4.42 Å². The van der Waals surface area contributed by atoms with Gasteiger partial charge in [-0.15, -0.1) is 0 Å². The number of rotatable bonds is 2. The van der Waals surface area contributed by atoms with Crippen molar-refractivity contribution in [3.05, 3.63) is 42.9 Å². The molecule has 0 radical (unpaired) electrons. The summed E-state index contributed by atoms with van der Waals surface area (Å²) >= 11 is 0. The number of hydrogen-bond donors (Lipinski definition) is 1. The molecule has 6 nitrogen and oxygen atoms in total. The second-order valence-corrected chi connectivity index (χ2v) is 4.84. The van der Waals surface area contributed by atoms with Gasteiger partial charge in [0.2, 0.25) is 5.71 Å². The quantitative estimate of drug-likeness (QED) is 0.872. The van der Waals surface area contributed by atoms with Crippen LogP contribution in [0.2, 0.25) is 0 Å². The van der Waals surface area contributed by atoms with Gasteiger partial charge in [0.05, 0.1) is 0 Å². The van der Waals surface area contributed by atoms with Crippen LogP contribution in [0.25, 0.3) is 11.1 Å². The van der Waals surface area contributed by atoms with Crippen molar-refractivity contribution in [2.45, 2.75) is 38.6 Å². The molecule has 0 bridgehead atoms. The molecule has 19 heavy (non-hydrogen) atoms. The Morgan fingerprint density at radius 3 is 2.68 bits per heavy atom. The number of aromatic amines is 1. The average molecular weight is 262 g/mol. The molecule has 0 saturated heterocycles. The molecule has 0 amide bonds. The summed E-state index contributed by atoms with van der Waals surface area (Å²) < 4.78 is 6.18. The van der Waals surface area contributed by atoms with E-state index in [2.05, 4.69) is 4.98 Å². The SMILES string of the molecule is CCc1cc(=O)oc2[nH]c(=O)n(C3CCC3)c(=O)c12. The second-order valence-electron chi connectivity index (χ2n) is 4.84. The molecule has 1 aliphatic rings. The van der Waals surface area contributed by atoms with Crippen LogP contribution in [0.4, 0.5) is 0 Å². The molecule has 0 unspecified atom stereocenters. The van der Waals surface area contributed by atoms with Gasteiger partial charge >= 0.3 is 11.3 Å². The summed E-state index contributed by atoms with van der Waals surface area (Å²) in [5.74, 6) is 0. The van der Waals surface area contributed by atoms with Gasteiger partial charge in [0, 0.05) is 12.1 Å². The highest BCUT2D eigenvalue weighted by atomic mass is 16.4. The van der Waals surface area contributed by atoms with E-state index in [0.717, 1.165) is 19.3 Å². The van der Waals surface area contributed by atoms with Crippen molar-refractivity contribution >= 4 is 11.1 Å². The van der Waals surface area contributed by atoms with Crippen molar-refractivity contribution in [2.24, 2.45) is 0 Å². The maximum Gasteiger partial charge on any atom is 0.337 e. The molecule has 1 N–H and O–H groups in total. The van der Waals surface area contributed by atoms with E-state index in [9.17, 15) is 14.4 Å². The third-order valence-corrected chi connectivity index (χ3v) is 3.74. The summed E-state index contributed by atoms with van der Waals surface area (Å²) in [5, 5.41) is 0.314. The number of aryl methyl sites for hydroxylation is 1. The lowest BCUT2D eigenvalue weighted by Gasteiger charge is -2.26. The van der Waals surface area contributed by atoms with E-state index in [1.54, 1.807) is 0 Å². The molecule has 3 rings (SSSR count).